The Morgan fingerprint density at radius 2 is 1.13 bits per heavy atom. The largest absolute Gasteiger partial charge is 0.497 e. The summed E-state index contributed by atoms with van der Waals surface area (Å²) in [5.74, 6) is 0.901. The van der Waals surface area contributed by atoms with Crippen molar-refractivity contribution >= 4 is 21.9 Å². The first-order valence-electron chi connectivity index (χ1n) is 11.5. The van der Waals surface area contributed by atoms with E-state index in [1.807, 2.05) is 0 Å². The average molecular weight is 409 g/mol. The molecule has 164 valence electrons. The Labute approximate surface area is 183 Å². The van der Waals surface area contributed by atoms with Crippen LogP contribution in [-0.2, 0) is 16.2 Å². The average Bonchev–Trinajstić information content (AvgIpc) is 3.10. The van der Waals surface area contributed by atoms with Crippen LogP contribution in [0, 0.1) is 0 Å². The number of methoxy groups -OCH3 is 1. The molecule has 1 heterocycles. The first-order valence-corrected chi connectivity index (χ1v) is 11.5. The Bertz CT molecular complexity index is 1060. The zero-order chi connectivity index (χ0) is 22.5. The highest BCUT2D eigenvalue weighted by molar-refractivity contribution is 6.08. The summed E-state index contributed by atoms with van der Waals surface area (Å²) in [6.45, 7) is 20.7. The second-order valence-electron chi connectivity index (χ2n) is 10.8. The van der Waals surface area contributed by atoms with Crippen LogP contribution in [0.15, 0.2) is 28.7 Å². The molecule has 3 rings (SSSR count). The maximum absolute atomic E-state index is 6.74. The van der Waals surface area contributed by atoms with Gasteiger partial charge in [-0.25, -0.2) is 0 Å². The highest BCUT2D eigenvalue weighted by Gasteiger charge is 2.30. The number of rotatable bonds is 7. The summed E-state index contributed by atoms with van der Waals surface area (Å²) in [6.07, 6.45) is 3.19. The van der Waals surface area contributed by atoms with Crippen LogP contribution in [0.1, 0.15) is 98.3 Å². The monoisotopic (exact) mass is 408 g/mol. The van der Waals surface area contributed by atoms with Gasteiger partial charge in [-0.2, -0.15) is 0 Å². The van der Waals surface area contributed by atoms with E-state index in [0.717, 1.165) is 36.2 Å². The lowest BCUT2D eigenvalue weighted by Crippen LogP contribution is -2.20. The van der Waals surface area contributed by atoms with Crippen molar-refractivity contribution in [3.8, 4) is 5.75 Å². The highest BCUT2D eigenvalue weighted by atomic mass is 16.5. The van der Waals surface area contributed by atoms with Crippen LogP contribution in [0.2, 0.25) is 0 Å². The number of hydrogen-bond donors (Lipinski definition) is 0. The molecule has 0 saturated heterocycles. The summed E-state index contributed by atoms with van der Waals surface area (Å²) in [6, 6.07) is 9.08. The van der Waals surface area contributed by atoms with Crippen LogP contribution in [-0.4, -0.2) is 7.11 Å². The van der Waals surface area contributed by atoms with Crippen molar-refractivity contribution in [1.29, 1.82) is 0 Å². The van der Waals surface area contributed by atoms with Crippen molar-refractivity contribution in [2.45, 2.75) is 97.8 Å². The fourth-order valence-corrected chi connectivity index (χ4v) is 4.05. The van der Waals surface area contributed by atoms with E-state index in [9.17, 15) is 0 Å². The third kappa shape index (κ3) is 3.63. The molecule has 2 aromatic carbocycles. The van der Waals surface area contributed by atoms with Crippen LogP contribution in [0.4, 0.5) is 0 Å². The normalized spacial score (nSPS) is 13.4. The second kappa shape index (κ2) is 7.62. The van der Waals surface area contributed by atoms with Crippen LogP contribution in [0.5, 0.6) is 5.75 Å². The van der Waals surface area contributed by atoms with Gasteiger partial charge in [0.1, 0.15) is 16.9 Å². The van der Waals surface area contributed by atoms with E-state index in [4.69, 9.17) is 9.15 Å². The van der Waals surface area contributed by atoms with Crippen molar-refractivity contribution in [1.82, 2.24) is 0 Å². The predicted molar refractivity (Wildman–Crippen MR) is 130 cm³/mol. The van der Waals surface area contributed by atoms with Crippen molar-refractivity contribution in [2.75, 3.05) is 7.11 Å². The molecule has 0 unspecified atom stereocenters. The van der Waals surface area contributed by atoms with Crippen molar-refractivity contribution in [3.63, 3.8) is 0 Å². The van der Waals surface area contributed by atoms with Crippen molar-refractivity contribution in [2.24, 2.45) is 0 Å². The summed E-state index contributed by atoms with van der Waals surface area (Å²) >= 11 is 0. The van der Waals surface area contributed by atoms with Gasteiger partial charge in [-0.05, 0) is 59.3 Å². The summed E-state index contributed by atoms with van der Waals surface area (Å²) in [5.41, 5.74) is 6.13. The molecule has 30 heavy (non-hydrogen) atoms. The van der Waals surface area contributed by atoms with Crippen LogP contribution in [0.3, 0.4) is 0 Å². The van der Waals surface area contributed by atoms with Gasteiger partial charge in [0.05, 0.1) is 7.11 Å². The van der Waals surface area contributed by atoms with Gasteiger partial charge in [-0.3, -0.25) is 0 Å². The lowest BCUT2D eigenvalue weighted by atomic mass is 9.75. The molecule has 2 heteroatoms. The fourth-order valence-electron chi connectivity index (χ4n) is 4.05. The van der Waals surface area contributed by atoms with Gasteiger partial charge in [-0.15, -0.1) is 0 Å². The van der Waals surface area contributed by atoms with Gasteiger partial charge in [-0.1, -0.05) is 68.4 Å². The maximum Gasteiger partial charge on any atom is 0.139 e. The predicted octanol–water partition coefficient (Wildman–Crippen LogP) is 8.66. The Kier molecular flexibility index (Phi) is 5.77. The molecule has 0 aliphatic carbocycles. The zero-order valence-corrected chi connectivity index (χ0v) is 20.7. The van der Waals surface area contributed by atoms with E-state index < -0.39 is 0 Å². The van der Waals surface area contributed by atoms with Gasteiger partial charge in [0.15, 0.2) is 0 Å². The lowest BCUT2D eigenvalue weighted by Gasteiger charge is -2.28. The first kappa shape index (κ1) is 22.7. The maximum atomic E-state index is 6.74. The minimum absolute atomic E-state index is 0.00657. The molecule has 1 aromatic heterocycles. The third-order valence-corrected chi connectivity index (χ3v) is 7.77. The van der Waals surface area contributed by atoms with Crippen LogP contribution in [0.25, 0.3) is 21.9 Å². The number of hydrogen-bond acceptors (Lipinski definition) is 2. The topological polar surface area (TPSA) is 22.4 Å². The minimum atomic E-state index is 0.00657. The number of benzene rings is 2. The van der Waals surface area contributed by atoms with Crippen molar-refractivity contribution in [3.05, 3.63) is 41.0 Å². The molecule has 0 aliphatic heterocycles. The summed E-state index contributed by atoms with van der Waals surface area (Å²) in [4.78, 5) is 0. The van der Waals surface area contributed by atoms with Gasteiger partial charge >= 0.3 is 0 Å². The van der Waals surface area contributed by atoms with Gasteiger partial charge in [0, 0.05) is 21.9 Å². The molecular weight excluding hydrogens is 368 g/mol. The van der Waals surface area contributed by atoms with Crippen LogP contribution < -0.4 is 4.74 Å². The number of fused-ring (bicyclic) bond motifs is 3. The summed E-state index contributed by atoms with van der Waals surface area (Å²) in [7, 11) is 1.75. The molecule has 0 saturated carbocycles. The molecule has 0 spiro atoms. The quantitative estimate of drug-likeness (QED) is 0.390. The molecule has 3 aromatic rings. The Morgan fingerprint density at radius 3 is 1.60 bits per heavy atom. The molecular formula is C28H40O2. The Balaban J connectivity index is 2.53. The number of ether oxygens (including phenoxy) is 1. The van der Waals surface area contributed by atoms with E-state index >= 15 is 0 Å². The molecule has 0 atom stereocenters. The third-order valence-electron chi connectivity index (χ3n) is 7.77. The van der Waals surface area contributed by atoms with Gasteiger partial charge in [0.2, 0.25) is 0 Å². The van der Waals surface area contributed by atoms with E-state index in [0.29, 0.717) is 0 Å². The second-order valence-corrected chi connectivity index (χ2v) is 10.8. The van der Waals surface area contributed by atoms with E-state index in [2.05, 4.69) is 86.6 Å². The van der Waals surface area contributed by atoms with Crippen molar-refractivity contribution < 1.29 is 9.15 Å². The summed E-state index contributed by atoms with van der Waals surface area (Å²) in [5, 5.41) is 2.38. The minimum Gasteiger partial charge on any atom is -0.497 e. The molecule has 2 nitrogen and oxygen atoms in total. The smallest absolute Gasteiger partial charge is 0.139 e. The SMILES string of the molecule is CCC(C)(C)c1cc(C(C)(C)CC)c2oc3c(C(C)(C)CC)cc(OC)cc3c2c1. The van der Waals surface area contributed by atoms with Gasteiger partial charge < -0.3 is 9.15 Å². The van der Waals surface area contributed by atoms with E-state index in [1.54, 1.807) is 7.11 Å². The highest BCUT2D eigenvalue weighted by Crippen LogP contribution is 2.45. The molecule has 0 amide bonds. The number of furan rings is 1. The first-order chi connectivity index (χ1) is 13.9. The molecule has 0 fully saturated rings. The van der Waals surface area contributed by atoms with Crippen LogP contribution >= 0.6 is 0 Å². The molecule has 0 bridgehead atoms. The van der Waals surface area contributed by atoms with E-state index in [-0.39, 0.29) is 16.2 Å². The summed E-state index contributed by atoms with van der Waals surface area (Å²) < 4.78 is 12.5. The standard InChI is InChI=1S/C28H40O2/c1-11-26(4,5)18-14-20-21-16-19(29-10)17-23(28(8,9)13-3)25(21)30-24(20)22(15-18)27(6,7)12-2/h14-17H,11-13H2,1-10H3. The molecule has 0 N–H and O–H groups in total. The van der Waals surface area contributed by atoms with Gasteiger partial charge in [0.25, 0.3) is 0 Å². The lowest BCUT2D eigenvalue weighted by molar-refractivity contribution is 0.411. The Hall–Kier alpha value is -1.96. The molecule has 0 aliphatic rings. The zero-order valence-electron chi connectivity index (χ0n) is 20.7. The fraction of sp³-hybridized carbons (Fsp3) is 0.571. The molecule has 0 radical (unpaired) electrons. The Morgan fingerprint density at radius 1 is 0.667 bits per heavy atom. The van der Waals surface area contributed by atoms with E-state index in [1.165, 1.54) is 27.5 Å².